The number of ether oxygens (including phenoxy) is 1. The molecule has 0 fully saturated rings. The first-order valence-electron chi connectivity index (χ1n) is 8.55. The van der Waals surface area contributed by atoms with Gasteiger partial charge in [-0.15, -0.1) is 0 Å². The summed E-state index contributed by atoms with van der Waals surface area (Å²) >= 11 is 0. The molecule has 0 heterocycles. The summed E-state index contributed by atoms with van der Waals surface area (Å²) in [4.78, 5) is 33.7. The summed E-state index contributed by atoms with van der Waals surface area (Å²) in [7, 11) is 1.51. The molecule has 0 saturated carbocycles. The normalized spacial score (nSPS) is 11.3. The molecule has 0 radical (unpaired) electrons. The van der Waals surface area contributed by atoms with Crippen LogP contribution in [0.25, 0.3) is 0 Å². The van der Waals surface area contributed by atoms with Crippen molar-refractivity contribution in [1.29, 1.82) is 0 Å². The zero-order valence-electron chi connectivity index (χ0n) is 15.3. The number of hydrogen-bond acceptors (Lipinski definition) is 6. The van der Waals surface area contributed by atoms with Gasteiger partial charge in [0.15, 0.2) is 6.04 Å². The molecule has 2 aromatic rings. The molecule has 28 heavy (non-hydrogen) atoms. The Morgan fingerprint density at radius 1 is 1.14 bits per heavy atom. The van der Waals surface area contributed by atoms with E-state index in [0.717, 1.165) is 0 Å². The molecule has 9 heteroatoms. The van der Waals surface area contributed by atoms with E-state index in [-0.39, 0.29) is 18.0 Å². The number of methoxy groups -OCH3 is 1. The summed E-state index contributed by atoms with van der Waals surface area (Å²) in [5, 5.41) is 25.5. The molecule has 0 spiro atoms. The van der Waals surface area contributed by atoms with Gasteiger partial charge in [-0.05, 0) is 36.2 Å². The van der Waals surface area contributed by atoms with Crippen LogP contribution in [0, 0.1) is 10.1 Å². The van der Waals surface area contributed by atoms with Crippen LogP contribution in [0.3, 0.4) is 0 Å². The van der Waals surface area contributed by atoms with Gasteiger partial charge in [0, 0.05) is 30.8 Å². The van der Waals surface area contributed by atoms with Gasteiger partial charge in [0.2, 0.25) is 5.91 Å². The Kier molecular flexibility index (Phi) is 7.32. The Hall–Kier alpha value is -3.62. The van der Waals surface area contributed by atoms with Crippen LogP contribution in [0.2, 0.25) is 0 Å². The molecule has 0 saturated heterocycles. The summed E-state index contributed by atoms with van der Waals surface area (Å²) in [6, 6.07) is 11.3. The Morgan fingerprint density at radius 3 is 2.32 bits per heavy atom. The van der Waals surface area contributed by atoms with Crippen LogP contribution >= 0.6 is 0 Å². The molecular formula is C19H21N3O6. The fourth-order valence-electron chi connectivity index (χ4n) is 2.50. The number of aliphatic carboxylic acids is 1. The first-order chi connectivity index (χ1) is 13.4. The molecule has 2 rings (SSSR count). The molecule has 148 valence electrons. The quantitative estimate of drug-likeness (QED) is 0.324. The van der Waals surface area contributed by atoms with Crippen LogP contribution in [0.1, 0.15) is 24.4 Å². The highest BCUT2D eigenvalue weighted by Crippen LogP contribution is 2.18. The number of carbonyl (C=O) groups excluding carboxylic acids is 1. The second kappa shape index (κ2) is 9.91. The monoisotopic (exact) mass is 387 g/mol. The van der Waals surface area contributed by atoms with E-state index >= 15 is 0 Å². The average molecular weight is 387 g/mol. The maximum atomic E-state index is 12.1. The molecule has 9 nitrogen and oxygen atoms in total. The fraction of sp³-hybridized carbons (Fsp3) is 0.263. The third-order valence-corrected chi connectivity index (χ3v) is 3.99. The molecule has 0 aromatic heterocycles. The number of carbonyl (C=O) groups is 2. The second-order valence-electron chi connectivity index (χ2n) is 5.95. The maximum absolute atomic E-state index is 12.1. The molecular weight excluding hydrogens is 366 g/mol. The van der Waals surface area contributed by atoms with Gasteiger partial charge < -0.3 is 20.5 Å². The van der Waals surface area contributed by atoms with Gasteiger partial charge >= 0.3 is 5.97 Å². The minimum absolute atomic E-state index is 0.00294. The Labute approximate surface area is 161 Å². The maximum Gasteiger partial charge on any atom is 0.330 e. The molecule has 0 aliphatic carbocycles. The van der Waals surface area contributed by atoms with Gasteiger partial charge in [0.05, 0.1) is 12.0 Å². The number of nitrogens with zero attached hydrogens (tertiary/aromatic N) is 1. The van der Waals surface area contributed by atoms with Crippen molar-refractivity contribution in [3.05, 3.63) is 64.2 Å². The van der Waals surface area contributed by atoms with Gasteiger partial charge in [0.25, 0.3) is 5.69 Å². The first-order valence-corrected chi connectivity index (χ1v) is 8.55. The van der Waals surface area contributed by atoms with Crippen molar-refractivity contribution in [3.8, 4) is 5.75 Å². The lowest BCUT2D eigenvalue weighted by molar-refractivity contribution is -0.384. The van der Waals surface area contributed by atoms with Crippen molar-refractivity contribution in [1.82, 2.24) is 5.32 Å². The Morgan fingerprint density at radius 2 is 1.79 bits per heavy atom. The topological polar surface area (TPSA) is 131 Å². The Bertz CT molecular complexity index is 821. The second-order valence-corrected chi connectivity index (χ2v) is 5.95. The number of carboxylic acids is 1. The number of rotatable bonds is 10. The van der Waals surface area contributed by atoms with Crippen LogP contribution in [0.4, 0.5) is 11.4 Å². The van der Waals surface area contributed by atoms with Gasteiger partial charge in [0.1, 0.15) is 5.75 Å². The lowest BCUT2D eigenvalue weighted by Gasteiger charge is -2.15. The third-order valence-electron chi connectivity index (χ3n) is 3.99. The van der Waals surface area contributed by atoms with Gasteiger partial charge in [-0.1, -0.05) is 12.1 Å². The predicted octanol–water partition coefficient (Wildman–Crippen LogP) is 2.74. The minimum Gasteiger partial charge on any atom is -0.497 e. The number of nitrogens with one attached hydrogen (secondary N) is 2. The van der Waals surface area contributed by atoms with Gasteiger partial charge in [-0.3, -0.25) is 14.9 Å². The van der Waals surface area contributed by atoms with E-state index in [2.05, 4.69) is 10.6 Å². The van der Waals surface area contributed by atoms with E-state index in [4.69, 9.17) is 4.74 Å². The standard InChI is InChI=1S/C19H21N3O6/c1-28-16-10-4-13(5-11-16)18(19(24)25)21-17(23)3-2-12-20-14-6-8-15(9-7-14)22(26)27/h4-11,18,20H,2-3,12H2,1H3,(H,21,23)(H,24,25). The molecule has 1 unspecified atom stereocenters. The zero-order chi connectivity index (χ0) is 20.5. The number of anilines is 1. The molecule has 0 bridgehead atoms. The van der Waals surface area contributed by atoms with Crippen LogP contribution in [0.5, 0.6) is 5.75 Å². The molecule has 0 aliphatic rings. The van der Waals surface area contributed by atoms with Gasteiger partial charge in [-0.2, -0.15) is 0 Å². The largest absolute Gasteiger partial charge is 0.497 e. The molecule has 0 aliphatic heterocycles. The SMILES string of the molecule is COc1ccc(C(NC(=O)CCCNc2ccc([N+](=O)[O-])cc2)C(=O)O)cc1. The molecule has 1 atom stereocenters. The number of hydrogen-bond donors (Lipinski definition) is 3. The smallest absolute Gasteiger partial charge is 0.330 e. The first kappa shape index (κ1) is 20.7. The summed E-state index contributed by atoms with van der Waals surface area (Å²) < 4.78 is 5.04. The van der Waals surface area contributed by atoms with E-state index in [0.29, 0.717) is 30.0 Å². The summed E-state index contributed by atoms with van der Waals surface area (Å²) in [5.74, 6) is -0.937. The average Bonchev–Trinajstić information content (AvgIpc) is 2.69. The molecule has 3 N–H and O–H groups in total. The summed E-state index contributed by atoms with van der Waals surface area (Å²) in [6.45, 7) is 0.464. The predicted molar refractivity (Wildman–Crippen MR) is 102 cm³/mol. The number of carboxylic acid groups (broad SMARTS) is 1. The van der Waals surface area contributed by atoms with E-state index in [1.807, 2.05) is 0 Å². The summed E-state index contributed by atoms with van der Waals surface area (Å²) in [5.41, 5.74) is 1.15. The highest BCUT2D eigenvalue weighted by molar-refractivity contribution is 5.84. The number of nitro groups is 1. The number of non-ortho nitro benzene ring substituents is 1. The van der Waals surface area contributed by atoms with Crippen molar-refractivity contribution in [2.45, 2.75) is 18.9 Å². The van der Waals surface area contributed by atoms with Gasteiger partial charge in [-0.25, -0.2) is 4.79 Å². The lowest BCUT2D eigenvalue weighted by Crippen LogP contribution is -2.33. The number of nitro benzene ring substituents is 1. The van der Waals surface area contributed by atoms with E-state index in [1.165, 1.54) is 19.2 Å². The van der Waals surface area contributed by atoms with Crippen LogP contribution in [0.15, 0.2) is 48.5 Å². The zero-order valence-corrected chi connectivity index (χ0v) is 15.3. The fourth-order valence-corrected chi connectivity index (χ4v) is 2.50. The lowest BCUT2D eigenvalue weighted by atomic mass is 10.1. The van der Waals surface area contributed by atoms with Crippen molar-refractivity contribution in [2.24, 2.45) is 0 Å². The number of benzene rings is 2. The highest BCUT2D eigenvalue weighted by atomic mass is 16.6. The van der Waals surface area contributed by atoms with Crippen LogP contribution in [-0.4, -0.2) is 35.6 Å². The van der Waals surface area contributed by atoms with Crippen LogP contribution < -0.4 is 15.4 Å². The molecule has 1 amide bonds. The van der Waals surface area contributed by atoms with Crippen molar-refractivity contribution in [2.75, 3.05) is 19.0 Å². The van der Waals surface area contributed by atoms with Crippen molar-refractivity contribution < 1.29 is 24.4 Å². The third kappa shape index (κ3) is 5.97. The summed E-state index contributed by atoms with van der Waals surface area (Å²) in [6.07, 6.45) is 0.609. The Balaban J connectivity index is 1.80. The van der Waals surface area contributed by atoms with E-state index in [1.54, 1.807) is 36.4 Å². The van der Waals surface area contributed by atoms with Crippen molar-refractivity contribution in [3.63, 3.8) is 0 Å². The number of amides is 1. The van der Waals surface area contributed by atoms with E-state index in [9.17, 15) is 24.8 Å². The highest BCUT2D eigenvalue weighted by Gasteiger charge is 2.21. The van der Waals surface area contributed by atoms with Crippen molar-refractivity contribution >= 4 is 23.3 Å². The minimum atomic E-state index is -1.15. The molecule has 2 aromatic carbocycles. The van der Waals surface area contributed by atoms with E-state index < -0.39 is 16.9 Å². The van der Waals surface area contributed by atoms with Crippen LogP contribution in [-0.2, 0) is 9.59 Å².